The first-order valence-corrected chi connectivity index (χ1v) is 10.4. The number of nitrogens with zero attached hydrogens (tertiary/aromatic N) is 2. The smallest absolute Gasteiger partial charge is 0.315 e. The molecule has 0 aliphatic carbocycles. The maximum absolute atomic E-state index is 12.6. The van der Waals surface area contributed by atoms with Gasteiger partial charge in [0, 0.05) is 55.1 Å². The first-order valence-electron chi connectivity index (χ1n) is 10.4. The molecule has 7 heteroatoms. The van der Waals surface area contributed by atoms with Crippen LogP contribution in [0.15, 0.2) is 36.4 Å². The van der Waals surface area contributed by atoms with Gasteiger partial charge in [0.05, 0.1) is 19.6 Å². The van der Waals surface area contributed by atoms with Gasteiger partial charge in [0.15, 0.2) is 0 Å². The third kappa shape index (κ3) is 3.73. The van der Waals surface area contributed by atoms with Crippen molar-refractivity contribution in [2.45, 2.75) is 25.8 Å². The molecule has 3 heterocycles. The van der Waals surface area contributed by atoms with Gasteiger partial charge < -0.3 is 19.7 Å². The summed E-state index contributed by atoms with van der Waals surface area (Å²) in [4.78, 5) is 28.6. The Kier molecular flexibility index (Phi) is 4.83. The molecule has 2 aromatic carbocycles. The number of carbonyl (C=O) groups is 2. The van der Waals surface area contributed by atoms with Crippen LogP contribution in [0.5, 0.6) is 11.5 Å². The number of rotatable bonds is 4. The van der Waals surface area contributed by atoms with E-state index < -0.39 is 0 Å². The highest BCUT2D eigenvalue weighted by molar-refractivity contribution is 5.93. The largest absolute Gasteiger partial charge is 0.493 e. The Balaban J connectivity index is 1.17. The molecule has 0 aromatic heterocycles. The fourth-order valence-corrected chi connectivity index (χ4v) is 4.41. The lowest BCUT2D eigenvalue weighted by Gasteiger charge is -2.40. The van der Waals surface area contributed by atoms with Gasteiger partial charge in [-0.05, 0) is 36.8 Å². The number of hydrogen-bond donors (Lipinski definition) is 1. The Morgan fingerprint density at radius 2 is 2.03 bits per heavy atom. The van der Waals surface area contributed by atoms with E-state index in [9.17, 15) is 9.59 Å². The maximum Gasteiger partial charge on any atom is 0.315 e. The van der Waals surface area contributed by atoms with Crippen molar-refractivity contribution in [1.29, 1.82) is 0 Å². The summed E-state index contributed by atoms with van der Waals surface area (Å²) >= 11 is 0. The molecule has 7 nitrogen and oxygen atoms in total. The van der Waals surface area contributed by atoms with Crippen LogP contribution in [-0.2, 0) is 22.4 Å². The highest BCUT2D eigenvalue weighted by atomic mass is 16.5. The molecule has 3 aliphatic heterocycles. The number of anilines is 2. The van der Waals surface area contributed by atoms with Crippen molar-refractivity contribution >= 4 is 23.3 Å². The first-order chi connectivity index (χ1) is 14.5. The van der Waals surface area contributed by atoms with Gasteiger partial charge in [0.2, 0.25) is 5.91 Å². The van der Waals surface area contributed by atoms with E-state index in [4.69, 9.17) is 9.47 Å². The van der Waals surface area contributed by atoms with Gasteiger partial charge in [-0.25, -0.2) is 0 Å². The highest BCUT2D eigenvalue weighted by Crippen LogP contribution is 2.31. The van der Waals surface area contributed by atoms with Crippen LogP contribution >= 0.6 is 0 Å². The maximum atomic E-state index is 12.6. The van der Waals surface area contributed by atoms with E-state index in [2.05, 4.69) is 40.2 Å². The standard InChI is InChI=1S/C23H25N3O4/c1-15-13-26(19-4-5-20-17(10-19)6-9-29-20)8-7-25(15)14-22(27)24-18-3-2-16-11-23(28)30-21(16)12-18/h2-5,10,12,15H,6-9,11,13-14H2,1H3,(H,24,27)/t15-/m1/s1. The number of nitrogens with one attached hydrogen (secondary N) is 1. The number of esters is 1. The zero-order chi connectivity index (χ0) is 20.7. The summed E-state index contributed by atoms with van der Waals surface area (Å²) in [7, 11) is 0. The molecule has 0 saturated carbocycles. The van der Waals surface area contributed by atoms with Crippen molar-refractivity contribution in [3.63, 3.8) is 0 Å². The van der Waals surface area contributed by atoms with Crippen LogP contribution in [0.4, 0.5) is 11.4 Å². The molecule has 1 fully saturated rings. The van der Waals surface area contributed by atoms with Crippen LogP contribution in [0, 0.1) is 0 Å². The van der Waals surface area contributed by atoms with Gasteiger partial charge in [-0.1, -0.05) is 6.07 Å². The number of ether oxygens (including phenoxy) is 2. The summed E-state index contributed by atoms with van der Waals surface area (Å²) in [5.74, 6) is 1.23. The Morgan fingerprint density at radius 3 is 2.90 bits per heavy atom. The summed E-state index contributed by atoms with van der Waals surface area (Å²) in [5, 5.41) is 2.93. The number of hydrogen-bond acceptors (Lipinski definition) is 6. The number of piperazine rings is 1. The molecule has 1 N–H and O–H groups in total. The van der Waals surface area contributed by atoms with Gasteiger partial charge in [-0.15, -0.1) is 0 Å². The van der Waals surface area contributed by atoms with Crippen LogP contribution < -0.4 is 19.7 Å². The lowest BCUT2D eigenvalue weighted by Crippen LogP contribution is -2.53. The summed E-state index contributed by atoms with van der Waals surface area (Å²) in [6, 6.07) is 12.1. The Labute approximate surface area is 175 Å². The van der Waals surface area contributed by atoms with Crippen molar-refractivity contribution in [2.24, 2.45) is 0 Å². The minimum atomic E-state index is -0.254. The molecule has 0 spiro atoms. The lowest BCUT2D eigenvalue weighted by atomic mass is 10.1. The second kappa shape index (κ2) is 7.65. The first kappa shape index (κ1) is 18.9. The Hall–Kier alpha value is -3.06. The van der Waals surface area contributed by atoms with E-state index in [1.165, 1.54) is 11.3 Å². The predicted octanol–water partition coefficient (Wildman–Crippen LogP) is 2.23. The molecule has 1 saturated heterocycles. The molecule has 1 atom stereocenters. The molecular formula is C23H25N3O4. The van der Waals surface area contributed by atoms with Crippen molar-refractivity contribution in [3.8, 4) is 11.5 Å². The molecular weight excluding hydrogens is 382 g/mol. The minimum absolute atomic E-state index is 0.0609. The minimum Gasteiger partial charge on any atom is -0.493 e. The Bertz CT molecular complexity index is 1010. The fraction of sp³-hybridized carbons (Fsp3) is 0.391. The highest BCUT2D eigenvalue weighted by Gasteiger charge is 2.27. The zero-order valence-electron chi connectivity index (χ0n) is 17.0. The van der Waals surface area contributed by atoms with Gasteiger partial charge in [-0.2, -0.15) is 0 Å². The fourth-order valence-electron chi connectivity index (χ4n) is 4.41. The average Bonchev–Trinajstić information content (AvgIpc) is 3.33. The van der Waals surface area contributed by atoms with Crippen molar-refractivity contribution in [3.05, 3.63) is 47.5 Å². The third-order valence-electron chi connectivity index (χ3n) is 6.06. The summed E-state index contributed by atoms with van der Waals surface area (Å²) in [5.41, 5.74) is 4.02. The van der Waals surface area contributed by atoms with Crippen LogP contribution in [0.3, 0.4) is 0 Å². The monoisotopic (exact) mass is 407 g/mol. The molecule has 0 bridgehead atoms. The molecule has 3 aliphatic rings. The lowest BCUT2D eigenvalue weighted by molar-refractivity contribution is -0.131. The molecule has 2 aromatic rings. The van der Waals surface area contributed by atoms with E-state index in [1.54, 1.807) is 6.07 Å². The quantitative estimate of drug-likeness (QED) is 0.619. The second-order valence-corrected chi connectivity index (χ2v) is 8.18. The topological polar surface area (TPSA) is 71.1 Å². The van der Waals surface area contributed by atoms with E-state index in [1.807, 2.05) is 12.1 Å². The van der Waals surface area contributed by atoms with Crippen LogP contribution in [-0.4, -0.2) is 55.6 Å². The normalized spacial score (nSPS) is 20.4. The third-order valence-corrected chi connectivity index (χ3v) is 6.06. The van der Waals surface area contributed by atoms with Gasteiger partial charge >= 0.3 is 5.97 Å². The van der Waals surface area contributed by atoms with E-state index in [0.29, 0.717) is 24.4 Å². The zero-order valence-corrected chi connectivity index (χ0v) is 17.0. The second-order valence-electron chi connectivity index (χ2n) is 8.18. The van der Waals surface area contributed by atoms with Crippen molar-refractivity contribution in [1.82, 2.24) is 4.90 Å². The van der Waals surface area contributed by atoms with Gasteiger partial charge in [0.1, 0.15) is 11.5 Å². The number of benzene rings is 2. The number of carbonyl (C=O) groups excluding carboxylic acids is 2. The van der Waals surface area contributed by atoms with E-state index >= 15 is 0 Å². The molecule has 0 radical (unpaired) electrons. The SMILES string of the molecule is C[C@@H]1CN(c2ccc3c(c2)CCO3)CCN1CC(=O)Nc1ccc2c(c1)OC(=O)C2. The predicted molar refractivity (Wildman–Crippen MR) is 113 cm³/mol. The summed E-state index contributed by atoms with van der Waals surface area (Å²) < 4.78 is 10.8. The summed E-state index contributed by atoms with van der Waals surface area (Å²) in [6.07, 6.45) is 1.27. The van der Waals surface area contributed by atoms with Crippen LogP contribution in [0.2, 0.25) is 0 Å². The van der Waals surface area contributed by atoms with Gasteiger partial charge in [0.25, 0.3) is 0 Å². The average molecular weight is 407 g/mol. The molecule has 156 valence electrons. The van der Waals surface area contributed by atoms with E-state index in [0.717, 1.165) is 44.0 Å². The summed E-state index contributed by atoms with van der Waals surface area (Å²) in [6.45, 7) is 5.84. The van der Waals surface area contributed by atoms with Crippen molar-refractivity contribution < 1.29 is 19.1 Å². The van der Waals surface area contributed by atoms with E-state index in [-0.39, 0.29) is 17.9 Å². The molecule has 30 heavy (non-hydrogen) atoms. The number of amides is 1. The molecule has 0 unspecified atom stereocenters. The van der Waals surface area contributed by atoms with Crippen LogP contribution in [0.25, 0.3) is 0 Å². The molecule has 5 rings (SSSR count). The van der Waals surface area contributed by atoms with Crippen molar-refractivity contribution in [2.75, 3.05) is 43.0 Å². The van der Waals surface area contributed by atoms with Crippen LogP contribution in [0.1, 0.15) is 18.1 Å². The molecule has 1 amide bonds. The Morgan fingerprint density at radius 1 is 1.13 bits per heavy atom. The van der Waals surface area contributed by atoms with Gasteiger partial charge in [-0.3, -0.25) is 14.5 Å². The number of fused-ring (bicyclic) bond motifs is 2.